The SMILES string of the molecule is COc1cc(C)cc2c1C(=O)OC2OC. The number of cyclic esters (lactones) is 1. The van der Waals surface area contributed by atoms with E-state index in [0.29, 0.717) is 11.3 Å². The van der Waals surface area contributed by atoms with E-state index in [0.717, 1.165) is 11.1 Å². The monoisotopic (exact) mass is 208 g/mol. The van der Waals surface area contributed by atoms with Crippen LogP contribution in [0, 0.1) is 6.92 Å². The Morgan fingerprint density at radius 2 is 2.07 bits per heavy atom. The molecule has 0 fully saturated rings. The lowest BCUT2D eigenvalue weighted by Crippen LogP contribution is -2.00. The molecular formula is C11H12O4. The maximum Gasteiger partial charge on any atom is 0.345 e. The summed E-state index contributed by atoms with van der Waals surface area (Å²) in [5.41, 5.74) is 2.21. The molecule has 4 nitrogen and oxygen atoms in total. The van der Waals surface area contributed by atoms with Gasteiger partial charge in [0.1, 0.15) is 11.3 Å². The van der Waals surface area contributed by atoms with Crippen LogP contribution in [0.5, 0.6) is 5.75 Å². The fraction of sp³-hybridized carbons (Fsp3) is 0.364. The Kier molecular flexibility index (Phi) is 2.36. The molecule has 1 aliphatic heterocycles. The molecule has 1 atom stereocenters. The van der Waals surface area contributed by atoms with Crippen molar-refractivity contribution < 1.29 is 19.0 Å². The molecule has 1 heterocycles. The lowest BCUT2D eigenvalue weighted by Gasteiger charge is -2.08. The van der Waals surface area contributed by atoms with Gasteiger partial charge >= 0.3 is 5.97 Å². The third kappa shape index (κ3) is 1.47. The second-order valence-electron chi connectivity index (χ2n) is 3.40. The number of aryl methyl sites for hydroxylation is 1. The van der Waals surface area contributed by atoms with Crippen LogP contribution in [0.4, 0.5) is 0 Å². The molecule has 0 spiro atoms. The lowest BCUT2D eigenvalue weighted by atomic mass is 10.0. The summed E-state index contributed by atoms with van der Waals surface area (Å²) in [6.07, 6.45) is -0.610. The number of carbonyl (C=O) groups is 1. The molecule has 15 heavy (non-hydrogen) atoms. The zero-order valence-electron chi connectivity index (χ0n) is 8.87. The molecule has 0 aromatic heterocycles. The van der Waals surface area contributed by atoms with Crippen molar-refractivity contribution in [2.75, 3.05) is 14.2 Å². The molecule has 0 saturated heterocycles. The highest BCUT2D eigenvalue weighted by Crippen LogP contribution is 2.37. The van der Waals surface area contributed by atoms with Crippen LogP contribution in [0.15, 0.2) is 12.1 Å². The number of fused-ring (bicyclic) bond motifs is 1. The summed E-state index contributed by atoms with van der Waals surface area (Å²) in [5, 5.41) is 0. The van der Waals surface area contributed by atoms with Gasteiger partial charge in [0, 0.05) is 12.7 Å². The number of carbonyl (C=O) groups excluding carboxylic acids is 1. The van der Waals surface area contributed by atoms with Gasteiger partial charge in [-0.3, -0.25) is 0 Å². The normalized spacial score (nSPS) is 18.6. The fourth-order valence-electron chi connectivity index (χ4n) is 1.74. The highest BCUT2D eigenvalue weighted by atomic mass is 16.7. The molecule has 0 radical (unpaired) electrons. The van der Waals surface area contributed by atoms with Crippen LogP contribution in [-0.4, -0.2) is 20.2 Å². The highest BCUT2D eigenvalue weighted by molar-refractivity contribution is 5.97. The molecular weight excluding hydrogens is 196 g/mol. The van der Waals surface area contributed by atoms with Crippen molar-refractivity contribution in [3.8, 4) is 5.75 Å². The summed E-state index contributed by atoms with van der Waals surface area (Å²) in [4.78, 5) is 11.5. The van der Waals surface area contributed by atoms with Gasteiger partial charge in [-0.2, -0.15) is 0 Å². The largest absolute Gasteiger partial charge is 0.496 e. The summed E-state index contributed by atoms with van der Waals surface area (Å²) in [6.45, 7) is 1.93. The average molecular weight is 208 g/mol. The fourth-order valence-corrected chi connectivity index (χ4v) is 1.74. The Balaban J connectivity index is 2.61. The smallest absolute Gasteiger partial charge is 0.345 e. The molecule has 0 aliphatic carbocycles. The molecule has 1 aromatic rings. The topological polar surface area (TPSA) is 44.8 Å². The number of methoxy groups -OCH3 is 2. The van der Waals surface area contributed by atoms with Crippen molar-refractivity contribution in [3.63, 3.8) is 0 Å². The Hall–Kier alpha value is -1.55. The minimum absolute atomic E-state index is 0.395. The van der Waals surface area contributed by atoms with E-state index in [1.165, 1.54) is 14.2 Å². The van der Waals surface area contributed by atoms with Gasteiger partial charge in [-0.05, 0) is 24.6 Å². The minimum Gasteiger partial charge on any atom is -0.496 e. The van der Waals surface area contributed by atoms with Crippen molar-refractivity contribution >= 4 is 5.97 Å². The van der Waals surface area contributed by atoms with Gasteiger partial charge in [-0.1, -0.05) is 0 Å². The van der Waals surface area contributed by atoms with E-state index >= 15 is 0 Å². The predicted octanol–water partition coefficient (Wildman–Crippen LogP) is 1.82. The van der Waals surface area contributed by atoms with Gasteiger partial charge in [0.15, 0.2) is 0 Å². The Morgan fingerprint density at radius 3 is 2.67 bits per heavy atom. The van der Waals surface area contributed by atoms with Crippen LogP contribution in [0.25, 0.3) is 0 Å². The van der Waals surface area contributed by atoms with Crippen molar-refractivity contribution in [3.05, 3.63) is 28.8 Å². The third-order valence-electron chi connectivity index (χ3n) is 2.38. The van der Waals surface area contributed by atoms with Crippen molar-refractivity contribution in [1.29, 1.82) is 0 Å². The predicted molar refractivity (Wildman–Crippen MR) is 52.9 cm³/mol. The first kappa shape index (κ1) is 9.98. The van der Waals surface area contributed by atoms with Gasteiger partial charge in [-0.25, -0.2) is 4.79 Å². The van der Waals surface area contributed by atoms with Gasteiger partial charge in [0.2, 0.25) is 6.29 Å². The second kappa shape index (κ2) is 3.55. The first-order valence-electron chi connectivity index (χ1n) is 4.59. The third-order valence-corrected chi connectivity index (χ3v) is 2.38. The lowest BCUT2D eigenvalue weighted by molar-refractivity contribution is -0.0816. The van der Waals surface area contributed by atoms with Crippen molar-refractivity contribution in [2.45, 2.75) is 13.2 Å². The van der Waals surface area contributed by atoms with Gasteiger partial charge in [0.05, 0.1) is 7.11 Å². The Labute approximate surface area is 87.8 Å². The minimum atomic E-state index is -0.610. The molecule has 0 bridgehead atoms. The Morgan fingerprint density at radius 1 is 1.33 bits per heavy atom. The summed E-state index contributed by atoms with van der Waals surface area (Å²) < 4.78 is 15.2. The quantitative estimate of drug-likeness (QED) is 0.695. The van der Waals surface area contributed by atoms with E-state index in [-0.39, 0.29) is 0 Å². The standard InChI is InChI=1S/C11H12O4/c1-6-4-7-9(8(5-6)13-2)10(12)15-11(7)14-3/h4-5,11H,1-3H3. The molecule has 0 amide bonds. The zero-order chi connectivity index (χ0) is 11.0. The summed E-state index contributed by atoms with van der Waals surface area (Å²) in [5.74, 6) is 0.142. The Bertz CT molecular complexity index is 411. The maximum absolute atomic E-state index is 11.5. The average Bonchev–Trinajstić information content (AvgIpc) is 2.54. The number of hydrogen-bond acceptors (Lipinski definition) is 4. The number of benzene rings is 1. The summed E-state index contributed by atoms with van der Waals surface area (Å²) in [7, 11) is 3.03. The molecule has 1 aromatic carbocycles. The van der Waals surface area contributed by atoms with Crippen LogP contribution >= 0.6 is 0 Å². The molecule has 2 rings (SSSR count). The highest BCUT2D eigenvalue weighted by Gasteiger charge is 2.34. The molecule has 1 aliphatic rings. The van der Waals surface area contributed by atoms with Crippen LogP contribution < -0.4 is 4.74 Å². The molecule has 80 valence electrons. The van der Waals surface area contributed by atoms with Gasteiger partial charge in [-0.15, -0.1) is 0 Å². The van der Waals surface area contributed by atoms with Crippen molar-refractivity contribution in [1.82, 2.24) is 0 Å². The number of rotatable bonds is 2. The van der Waals surface area contributed by atoms with Crippen LogP contribution in [-0.2, 0) is 9.47 Å². The van der Waals surface area contributed by atoms with Gasteiger partial charge < -0.3 is 14.2 Å². The first-order valence-corrected chi connectivity index (χ1v) is 4.59. The van der Waals surface area contributed by atoms with Crippen LogP contribution in [0.3, 0.4) is 0 Å². The van der Waals surface area contributed by atoms with Crippen LogP contribution in [0.1, 0.15) is 27.8 Å². The van der Waals surface area contributed by atoms with E-state index in [1.807, 2.05) is 13.0 Å². The van der Waals surface area contributed by atoms with E-state index in [2.05, 4.69) is 0 Å². The molecule has 0 saturated carbocycles. The van der Waals surface area contributed by atoms with Gasteiger partial charge in [0.25, 0.3) is 0 Å². The van der Waals surface area contributed by atoms with E-state index in [4.69, 9.17) is 14.2 Å². The zero-order valence-corrected chi connectivity index (χ0v) is 8.87. The number of ether oxygens (including phenoxy) is 3. The first-order chi connectivity index (χ1) is 7.17. The number of esters is 1. The second-order valence-corrected chi connectivity index (χ2v) is 3.40. The summed E-state index contributed by atoms with van der Waals surface area (Å²) in [6, 6.07) is 3.68. The summed E-state index contributed by atoms with van der Waals surface area (Å²) >= 11 is 0. The van der Waals surface area contributed by atoms with E-state index in [9.17, 15) is 4.79 Å². The van der Waals surface area contributed by atoms with E-state index in [1.54, 1.807) is 6.07 Å². The molecule has 1 unspecified atom stereocenters. The molecule has 0 N–H and O–H groups in total. The van der Waals surface area contributed by atoms with Crippen LogP contribution in [0.2, 0.25) is 0 Å². The maximum atomic E-state index is 11.5. The number of hydrogen-bond donors (Lipinski definition) is 0. The van der Waals surface area contributed by atoms with Crippen molar-refractivity contribution in [2.24, 2.45) is 0 Å². The molecule has 4 heteroatoms. The van der Waals surface area contributed by atoms with E-state index < -0.39 is 12.3 Å².